The van der Waals surface area contributed by atoms with E-state index in [9.17, 15) is 4.79 Å². The van der Waals surface area contributed by atoms with Crippen molar-refractivity contribution in [3.8, 4) is 0 Å². The summed E-state index contributed by atoms with van der Waals surface area (Å²) in [6, 6.07) is 18.0. The SMILES string of the molecule is CCn1c(CN2CC[C@@H](c3cc(C(=O)NCCO)c4ccccc4n3)C2)nc2ccccc21. The Morgan fingerprint density at radius 3 is 2.73 bits per heavy atom. The van der Waals surface area contributed by atoms with Crippen LogP contribution in [0.25, 0.3) is 21.9 Å². The van der Waals surface area contributed by atoms with Crippen molar-refractivity contribution < 1.29 is 9.90 Å². The summed E-state index contributed by atoms with van der Waals surface area (Å²) in [6.45, 7) is 5.87. The zero-order chi connectivity index (χ0) is 22.8. The summed E-state index contributed by atoms with van der Waals surface area (Å²) in [4.78, 5) is 25.0. The quantitative estimate of drug-likeness (QED) is 0.458. The van der Waals surface area contributed by atoms with E-state index in [1.165, 1.54) is 5.52 Å². The van der Waals surface area contributed by atoms with Crippen molar-refractivity contribution in [2.75, 3.05) is 26.2 Å². The molecule has 0 aliphatic carbocycles. The van der Waals surface area contributed by atoms with Crippen molar-refractivity contribution in [1.82, 2.24) is 24.8 Å². The van der Waals surface area contributed by atoms with Gasteiger partial charge in [-0.1, -0.05) is 30.3 Å². The van der Waals surface area contributed by atoms with Gasteiger partial charge in [0.2, 0.25) is 0 Å². The number of nitrogens with one attached hydrogen (secondary N) is 1. The first-order valence-electron chi connectivity index (χ1n) is 11.6. The van der Waals surface area contributed by atoms with Crippen molar-refractivity contribution in [2.24, 2.45) is 0 Å². The molecule has 1 aliphatic heterocycles. The number of imidazole rings is 1. The lowest BCUT2D eigenvalue weighted by molar-refractivity contribution is 0.0946. The van der Waals surface area contributed by atoms with Crippen LogP contribution in [0.4, 0.5) is 0 Å². The molecular formula is C26H29N5O2. The number of aromatic nitrogens is 3. The number of hydrogen-bond acceptors (Lipinski definition) is 5. The molecule has 4 aromatic rings. The van der Waals surface area contributed by atoms with Crippen LogP contribution in [0.2, 0.25) is 0 Å². The van der Waals surface area contributed by atoms with Crippen LogP contribution in [0.15, 0.2) is 54.6 Å². The fourth-order valence-electron chi connectivity index (χ4n) is 4.87. The molecule has 1 fully saturated rings. The highest BCUT2D eigenvalue weighted by atomic mass is 16.3. The van der Waals surface area contributed by atoms with E-state index in [2.05, 4.69) is 39.9 Å². The van der Waals surface area contributed by atoms with E-state index in [1.54, 1.807) is 0 Å². The molecule has 2 aromatic carbocycles. The van der Waals surface area contributed by atoms with Gasteiger partial charge in [-0.05, 0) is 44.2 Å². The molecule has 33 heavy (non-hydrogen) atoms. The van der Waals surface area contributed by atoms with Gasteiger partial charge >= 0.3 is 0 Å². The monoisotopic (exact) mass is 443 g/mol. The summed E-state index contributed by atoms with van der Waals surface area (Å²) in [5, 5.41) is 12.7. The van der Waals surface area contributed by atoms with Gasteiger partial charge in [0, 0.05) is 36.6 Å². The lowest BCUT2D eigenvalue weighted by Gasteiger charge is -2.17. The van der Waals surface area contributed by atoms with Gasteiger partial charge in [-0.3, -0.25) is 14.7 Å². The minimum absolute atomic E-state index is 0.0816. The normalized spacial score (nSPS) is 16.6. The first kappa shape index (κ1) is 21.6. The number of carbonyl (C=O) groups is 1. The molecule has 0 bridgehead atoms. The Morgan fingerprint density at radius 1 is 1.12 bits per heavy atom. The molecule has 1 atom stereocenters. The molecule has 0 unspecified atom stereocenters. The Hall–Kier alpha value is -3.29. The van der Waals surface area contributed by atoms with Gasteiger partial charge in [0.05, 0.1) is 35.3 Å². The minimum Gasteiger partial charge on any atom is -0.395 e. The second kappa shape index (κ2) is 9.29. The van der Waals surface area contributed by atoms with E-state index in [0.717, 1.165) is 60.5 Å². The Balaban J connectivity index is 1.39. The van der Waals surface area contributed by atoms with E-state index in [-0.39, 0.29) is 25.0 Å². The van der Waals surface area contributed by atoms with E-state index < -0.39 is 0 Å². The van der Waals surface area contributed by atoms with E-state index in [0.29, 0.717) is 5.56 Å². The Labute approximate surface area is 193 Å². The number of aliphatic hydroxyl groups excluding tert-OH is 1. The maximum atomic E-state index is 12.8. The third-order valence-corrected chi connectivity index (χ3v) is 6.48. The third-order valence-electron chi connectivity index (χ3n) is 6.48. The van der Waals surface area contributed by atoms with Crippen LogP contribution in [0, 0.1) is 0 Å². The van der Waals surface area contributed by atoms with Crippen molar-refractivity contribution in [2.45, 2.75) is 32.4 Å². The maximum Gasteiger partial charge on any atom is 0.252 e. The average molecular weight is 444 g/mol. The molecule has 2 aromatic heterocycles. The van der Waals surface area contributed by atoms with Crippen LogP contribution in [0.3, 0.4) is 0 Å². The largest absolute Gasteiger partial charge is 0.395 e. The van der Waals surface area contributed by atoms with Gasteiger partial charge in [-0.25, -0.2) is 4.98 Å². The smallest absolute Gasteiger partial charge is 0.252 e. The first-order chi connectivity index (χ1) is 16.2. The van der Waals surface area contributed by atoms with Crippen LogP contribution >= 0.6 is 0 Å². The molecule has 0 saturated carbocycles. The summed E-state index contributed by atoms with van der Waals surface area (Å²) in [5.41, 5.74) is 4.63. The fraction of sp³-hybridized carbons (Fsp3) is 0.346. The highest BCUT2D eigenvalue weighted by Crippen LogP contribution is 2.30. The van der Waals surface area contributed by atoms with E-state index in [4.69, 9.17) is 15.1 Å². The molecule has 170 valence electrons. The lowest BCUT2D eigenvalue weighted by Crippen LogP contribution is -2.27. The highest BCUT2D eigenvalue weighted by molar-refractivity contribution is 6.06. The molecule has 5 rings (SSSR count). The maximum absolute atomic E-state index is 12.8. The summed E-state index contributed by atoms with van der Waals surface area (Å²) in [6.07, 6.45) is 0.995. The zero-order valence-electron chi connectivity index (χ0n) is 18.9. The Morgan fingerprint density at radius 2 is 1.91 bits per heavy atom. The van der Waals surface area contributed by atoms with Gasteiger partial charge in [0.1, 0.15) is 5.82 Å². The van der Waals surface area contributed by atoms with Crippen molar-refractivity contribution in [3.05, 3.63) is 71.7 Å². The zero-order valence-corrected chi connectivity index (χ0v) is 18.9. The number of para-hydroxylation sites is 3. The predicted octanol–water partition coefficient (Wildman–Crippen LogP) is 3.32. The number of rotatable bonds is 7. The number of hydrogen-bond donors (Lipinski definition) is 2. The van der Waals surface area contributed by atoms with Crippen molar-refractivity contribution in [1.29, 1.82) is 0 Å². The topological polar surface area (TPSA) is 83.3 Å². The third kappa shape index (κ3) is 4.21. The minimum atomic E-state index is -0.171. The number of aliphatic hydroxyl groups is 1. The molecular weight excluding hydrogens is 414 g/mol. The molecule has 1 saturated heterocycles. The molecule has 1 amide bonds. The number of nitrogens with zero attached hydrogens (tertiary/aromatic N) is 4. The van der Waals surface area contributed by atoms with Gasteiger partial charge in [-0.15, -0.1) is 0 Å². The number of benzene rings is 2. The summed E-state index contributed by atoms with van der Waals surface area (Å²) >= 11 is 0. The number of carbonyl (C=O) groups excluding carboxylic acids is 1. The standard InChI is InChI=1S/C26H29N5O2/c1-2-31-24-10-6-5-9-22(24)29-25(31)17-30-13-11-18(16-30)23-15-20(26(33)27-12-14-32)19-7-3-4-8-21(19)28-23/h3-10,15,18,32H,2,11-14,16-17H2,1H3,(H,27,33)/t18-/m1/s1. The summed E-state index contributed by atoms with van der Waals surface area (Å²) in [7, 11) is 0. The van der Waals surface area contributed by atoms with E-state index >= 15 is 0 Å². The highest BCUT2D eigenvalue weighted by Gasteiger charge is 2.27. The number of aryl methyl sites for hydroxylation is 1. The van der Waals surface area contributed by atoms with Crippen LogP contribution in [-0.2, 0) is 13.1 Å². The van der Waals surface area contributed by atoms with Crippen molar-refractivity contribution >= 4 is 27.8 Å². The number of fused-ring (bicyclic) bond motifs is 2. The fourth-order valence-corrected chi connectivity index (χ4v) is 4.87. The molecule has 7 heteroatoms. The Bertz CT molecular complexity index is 1300. The average Bonchev–Trinajstić information content (AvgIpc) is 3.46. The molecule has 7 nitrogen and oxygen atoms in total. The number of amides is 1. The van der Waals surface area contributed by atoms with Crippen LogP contribution in [0.1, 0.15) is 41.1 Å². The van der Waals surface area contributed by atoms with Gasteiger partial charge in [0.25, 0.3) is 5.91 Å². The van der Waals surface area contributed by atoms with Crippen LogP contribution in [-0.4, -0.2) is 56.7 Å². The van der Waals surface area contributed by atoms with Crippen LogP contribution in [0.5, 0.6) is 0 Å². The van der Waals surface area contributed by atoms with Crippen LogP contribution < -0.4 is 5.32 Å². The number of likely N-dealkylation sites (tertiary alicyclic amines) is 1. The molecule has 0 spiro atoms. The van der Waals surface area contributed by atoms with Crippen molar-refractivity contribution in [3.63, 3.8) is 0 Å². The second-order valence-corrected chi connectivity index (χ2v) is 8.57. The molecule has 2 N–H and O–H groups in total. The van der Waals surface area contributed by atoms with E-state index in [1.807, 2.05) is 36.4 Å². The summed E-state index contributed by atoms with van der Waals surface area (Å²) in [5.74, 6) is 1.18. The molecule has 3 heterocycles. The van der Waals surface area contributed by atoms with Gasteiger partial charge in [-0.2, -0.15) is 0 Å². The second-order valence-electron chi connectivity index (χ2n) is 8.57. The molecule has 0 radical (unpaired) electrons. The summed E-state index contributed by atoms with van der Waals surface area (Å²) < 4.78 is 2.29. The van der Waals surface area contributed by atoms with Gasteiger partial charge in [0.15, 0.2) is 0 Å². The molecule has 1 aliphatic rings. The number of pyridine rings is 1. The predicted molar refractivity (Wildman–Crippen MR) is 129 cm³/mol. The Kier molecular flexibility index (Phi) is 6.07. The van der Waals surface area contributed by atoms with Gasteiger partial charge < -0.3 is 15.0 Å². The lowest BCUT2D eigenvalue weighted by atomic mass is 9.99. The first-order valence-corrected chi connectivity index (χ1v) is 11.6.